The molecule has 0 spiro atoms. The number of ether oxygens (including phenoxy) is 2. The summed E-state index contributed by atoms with van der Waals surface area (Å²) in [6.45, 7) is 0.670. The summed E-state index contributed by atoms with van der Waals surface area (Å²) in [5, 5.41) is 17.2. The van der Waals surface area contributed by atoms with Crippen molar-refractivity contribution in [3.05, 3.63) is 72.3 Å². The van der Waals surface area contributed by atoms with Gasteiger partial charge in [-0.05, 0) is 43.2 Å². The van der Waals surface area contributed by atoms with Gasteiger partial charge in [0.25, 0.3) is 0 Å². The van der Waals surface area contributed by atoms with E-state index >= 15 is 0 Å². The predicted octanol–water partition coefficient (Wildman–Crippen LogP) is 4.08. The molecule has 0 amide bonds. The highest BCUT2D eigenvalue weighted by Crippen LogP contribution is 2.27. The number of benzene rings is 3. The number of fused-ring (bicyclic) bond motifs is 1. The first-order chi connectivity index (χ1) is 14.8. The molecule has 2 N–H and O–H groups in total. The first kappa shape index (κ1) is 23.7. The number of aliphatic carboxylic acids is 2. The van der Waals surface area contributed by atoms with Gasteiger partial charge in [0.1, 0.15) is 11.5 Å². The Morgan fingerprint density at radius 3 is 2.10 bits per heavy atom. The highest BCUT2D eigenvalue weighted by Gasteiger charge is 2.14. The molecule has 7 heteroatoms. The fourth-order valence-corrected chi connectivity index (χ4v) is 3.15. The first-order valence-corrected chi connectivity index (χ1v) is 9.70. The lowest BCUT2D eigenvalue weighted by Gasteiger charge is -2.25. The molecule has 0 aliphatic carbocycles. The van der Waals surface area contributed by atoms with Crippen LogP contribution in [0, 0.1) is 0 Å². The summed E-state index contributed by atoms with van der Waals surface area (Å²) in [5.41, 5.74) is 1.27. The van der Waals surface area contributed by atoms with Crippen LogP contribution in [-0.2, 0) is 9.59 Å². The molecule has 0 saturated carbocycles. The van der Waals surface area contributed by atoms with Crippen LogP contribution in [-0.4, -0.2) is 54.9 Å². The number of hydrogen-bond acceptors (Lipinski definition) is 5. The molecule has 0 saturated heterocycles. The number of methoxy groups -OCH3 is 1. The van der Waals surface area contributed by atoms with Crippen molar-refractivity contribution in [2.45, 2.75) is 12.5 Å². The minimum absolute atomic E-state index is 0.306. The lowest BCUT2D eigenvalue weighted by Crippen LogP contribution is -2.22. The molecule has 31 heavy (non-hydrogen) atoms. The topological polar surface area (TPSA) is 96.3 Å². The summed E-state index contributed by atoms with van der Waals surface area (Å²) in [6, 6.07) is 23.1. The molecule has 3 aromatic carbocycles. The minimum Gasteiger partial charge on any atom is -0.497 e. The normalized spacial score (nSPS) is 11.4. The zero-order chi connectivity index (χ0) is 22.8. The Bertz CT molecular complexity index is 983. The second-order valence-electron chi connectivity index (χ2n) is 6.98. The maximum atomic E-state index is 9.10. The van der Waals surface area contributed by atoms with Gasteiger partial charge < -0.3 is 24.6 Å². The lowest BCUT2D eigenvalue weighted by molar-refractivity contribution is -0.159. The van der Waals surface area contributed by atoms with E-state index in [1.807, 2.05) is 24.3 Å². The Labute approximate surface area is 181 Å². The standard InChI is InChI=1S/C22H25NO2.C2H2O4/c1-23(2)21(18-11-13-19(24-3)14-12-18)15-16-25-22-10-6-8-17-7-4-5-9-20(17)22;3-1(4)2(5)6/h4-14,21H,15-16H2,1-3H3;(H,3,4)(H,5,6). The van der Waals surface area contributed by atoms with Gasteiger partial charge in [0.15, 0.2) is 0 Å². The van der Waals surface area contributed by atoms with Crippen molar-refractivity contribution in [1.82, 2.24) is 4.90 Å². The van der Waals surface area contributed by atoms with E-state index in [1.54, 1.807) is 7.11 Å². The summed E-state index contributed by atoms with van der Waals surface area (Å²) in [7, 11) is 5.90. The summed E-state index contributed by atoms with van der Waals surface area (Å²) in [5.74, 6) is -1.82. The average molecular weight is 425 g/mol. The first-order valence-electron chi connectivity index (χ1n) is 9.70. The van der Waals surface area contributed by atoms with E-state index in [0.29, 0.717) is 12.6 Å². The summed E-state index contributed by atoms with van der Waals surface area (Å²) in [4.78, 5) is 20.4. The van der Waals surface area contributed by atoms with Crippen LogP contribution in [0.25, 0.3) is 10.8 Å². The molecule has 0 aliphatic rings. The quantitative estimate of drug-likeness (QED) is 0.551. The molecule has 0 heterocycles. The molecule has 164 valence electrons. The van der Waals surface area contributed by atoms with E-state index in [0.717, 1.165) is 23.3 Å². The van der Waals surface area contributed by atoms with Crippen molar-refractivity contribution in [2.24, 2.45) is 0 Å². The largest absolute Gasteiger partial charge is 0.497 e. The van der Waals surface area contributed by atoms with Crippen LogP contribution >= 0.6 is 0 Å². The van der Waals surface area contributed by atoms with E-state index < -0.39 is 11.9 Å². The van der Waals surface area contributed by atoms with E-state index in [9.17, 15) is 0 Å². The van der Waals surface area contributed by atoms with Crippen molar-refractivity contribution >= 4 is 22.7 Å². The monoisotopic (exact) mass is 425 g/mol. The van der Waals surface area contributed by atoms with Gasteiger partial charge in [-0.3, -0.25) is 0 Å². The van der Waals surface area contributed by atoms with Crippen LogP contribution in [0.4, 0.5) is 0 Å². The zero-order valence-electron chi connectivity index (χ0n) is 17.8. The minimum atomic E-state index is -1.82. The molecule has 0 radical (unpaired) electrons. The van der Waals surface area contributed by atoms with E-state index in [2.05, 4.69) is 61.5 Å². The van der Waals surface area contributed by atoms with E-state index in [4.69, 9.17) is 29.3 Å². The number of carbonyl (C=O) groups is 2. The molecule has 0 bridgehead atoms. The molecule has 1 unspecified atom stereocenters. The Kier molecular flexibility index (Phi) is 8.84. The van der Waals surface area contributed by atoms with Crippen LogP contribution in [0.1, 0.15) is 18.0 Å². The zero-order valence-corrected chi connectivity index (χ0v) is 17.8. The molecule has 3 aromatic rings. The fourth-order valence-electron chi connectivity index (χ4n) is 3.15. The van der Waals surface area contributed by atoms with Crippen LogP contribution in [0.3, 0.4) is 0 Å². The van der Waals surface area contributed by atoms with Gasteiger partial charge in [-0.1, -0.05) is 48.5 Å². The number of rotatable bonds is 7. The predicted molar refractivity (Wildman–Crippen MR) is 119 cm³/mol. The third kappa shape index (κ3) is 7.01. The lowest BCUT2D eigenvalue weighted by atomic mass is 10.0. The van der Waals surface area contributed by atoms with Crippen molar-refractivity contribution in [2.75, 3.05) is 27.8 Å². The van der Waals surface area contributed by atoms with Gasteiger partial charge in [0.05, 0.1) is 13.7 Å². The van der Waals surface area contributed by atoms with E-state index in [1.165, 1.54) is 10.9 Å². The SMILES string of the molecule is COc1ccc(C(CCOc2cccc3ccccc23)N(C)C)cc1.O=C(O)C(=O)O. The Morgan fingerprint density at radius 1 is 0.903 bits per heavy atom. The van der Waals surface area contributed by atoms with Crippen LogP contribution < -0.4 is 9.47 Å². The molecule has 7 nitrogen and oxygen atoms in total. The number of nitrogens with zero attached hydrogens (tertiary/aromatic N) is 1. The number of hydrogen-bond donors (Lipinski definition) is 2. The fraction of sp³-hybridized carbons (Fsp3) is 0.250. The van der Waals surface area contributed by atoms with Crippen molar-refractivity contribution in [3.8, 4) is 11.5 Å². The van der Waals surface area contributed by atoms with Gasteiger partial charge in [-0.2, -0.15) is 0 Å². The van der Waals surface area contributed by atoms with Crippen molar-refractivity contribution < 1.29 is 29.3 Å². The number of carboxylic acid groups (broad SMARTS) is 2. The second kappa shape index (κ2) is 11.6. The number of carboxylic acids is 2. The van der Waals surface area contributed by atoms with Crippen LogP contribution in [0.5, 0.6) is 11.5 Å². The molecule has 0 aromatic heterocycles. The van der Waals surface area contributed by atoms with Crippen molar-refractivity contribution in [3.63, 3.8) is 0 Å². The van der Waals surface area contributed by atoms with Crippen LogP contribution in [0.2, 0.25) is 0 Å². The molecular weight excluding hydrogens is 398 g/mol. The van der Waals surface area contributed by atoms with E-state index in [-0.39, 0.29) is 0 Å². The summed E-state index contributed by atoms with van der Waals surface area (Å²) >= 11 is 0. The van der Waals surface area contributed by atoms with Gasteiger partial charge in [-0.15, -0.1) is 0 Å². The molecule has 0 aliphatic heterocycles. The summed E-state index contributed by atoms with van der Waals surface area (Å²) in [6.07, 6.45) is 0.919. The second-order valence-corrected chi connectivity index (χ2v) is 6.98. The third-order valence-corrected chi connectivity index (χ3v) is 4.71. The van der Waals surface area contributed by atoms with Crippen molar-refractivity contribution in [1.29, 1.82) is 0 Å². The smallest absolute Gasteiger partial charge is 0.414 e. The van der Waals surface area contributed by atoms with Gasteiger partial charge in [0.2, 0.25) is 0 Å². The molecular formula is C24H27NO6. The van der Waals surface area contributed by atoms with Crippen LogP contribution in [0.15, 0.2) is 66.7 Å². The average Bonchev–Trinajstić information content (AvgIpc) is 2.77. The maximum absolute atomic E-state index is 9.10. The molecule has 1 atom stereocenters. The van der Waals surface area contributed by atoms with Gasteiger partial charge in [-0.25, -0.2) is 9.59 Å². The maximum Gasteiger partial charge on any atom is 0.414 e. The highest BCUT2D eigenvalue weighted by atomic mass is 16.5. The Morgan fingerprint density at radius 2 is 1.52 bits per heavy atom. The Balaban J connectivity index is 0.000000501. The van der Waals surface area contributed by atoms with Gasteiger partial charge >= 0.3 is 11.9 Å². The highest BCUT2D eigenvalue weighted by molar-refractivity contribution is 6.27. The molecule has 0 fully saturated rings. The Hall–Kier alpha value is -3.58. The summed E-state index contributed by atoms with van der Waals surface area (Å²) < 4.78 is 11.4. The molecule has 3 rings (SSSR count). The van der Waals surface area contributed by atoms with Gasteiger partial charge in [0, 0.05) is 17.8 Å². The third-order valence-electron chi connectivity index (χ3n) is 4.71.